The zero-order valence-corrected chi connectivity index (χ0v) is 14.2. The van der Waals surface area contributed by atoms with Gasteiger partial charge in [-0.25, -0.2) is 9.97 Å². The Hall–Kier alpha value is -2.93. The van der Waals surface area contributed by atoms with Gasteiger partial charge in [0, 0.05) is 31.5 Å². The number of ether oxygens (including phenoxy) is 1. The average Bonchev–Trinajstić information content (AvgIpc) is 3.24. The zero-order chi connectivity index (χ0) is 17.4. The first-order chi connectivity index (χ1) is 12.2. The van der Waals surface area contributed by atoms with Gasteiger partial charge in [-0.05, 0) is 6.07 Å². The highest BCUT2D eigenvalue weighted by Gasteiger charge is 2.14. The number of para-hydroxylation sites is 1. The molecule has 0 fully saturated rings. The van der Waals surface area contributed by atoms with Crippen molar-refractivity contribution in [1.82, 2.24) is 23.9 Å². The van der Waals surface area contributed by atoms with Gasteiger partial charge in [0.05, 0.1) is 30.4 Å². The molecule has 0 unspecified atom stereocenters. The van der Waals surface area contributed by atoms with Crippen LogP contribution in [-0.4, -0.2) is 31.0 Å². The number of aromatic amines is 1. The first kappa shape index (κ1) is 15.6. The number of nitrogens with zero attached hydrogens (tertiary/aromatic N) is 4. The third kappa shape index (κ3) is 2.53. The number of H-pyrrole nitrogens is 1. The Morgan fingerprint density at radius 3 is 2.88 bits per heavy atom. The molecule has 0 saturated heterocycles. The highest BCUT2D eigenvalue weighted by atomic mass is 16.5. The molecular weight excluding hydrogens is 318 g/mol. The minimum atomic E-state index is -0.156. The SMILES string of the molecule is CCc1nccn1Cc1ncc2c(=O)[nH]c3c(COC)cccc3n12. The smallest absolute Gasteiger partial charge is 0.274 e. The van der Waals surface area contributed by atoms with E-state index in [2.05, 4.69) is 26.4 Å². The summed E-state index contributed by atoms with van der Waals surface area (Å²) >= 11 is 0. The summed E-state index contributed by atoms with van der Waals surface area (Å²) in [5.74, 6) is 1.79. The van der Waals surface area contributed by atoms with Crippen molar-refractivity contribution in [3.8, 4) is 0 Å². The van der Waals surface area contributed by atoms with Crippen molar-refractivity contribution in [2.24, 2.45) is 0 Å². The van der Waals surface area contributed by atoms with E-state index < -0.39 is 0 Å². The molecule has 1 aromatic carbocycles. The standard InChI is InChI=1S/C18H19N5O2/c1-3-15-19-7-8-22(15)10-16-20-9-14-18(24)21-17-12(11-25-2)5-4-6-13(17)23(14)16/h4-9H,3,10-11H2,1-2H3,(H,21,24). The van der Waals surface area contributed by atoms with Crippen LogP contribution in [0, 0.1) is 0 Å². The van der Waals surface area contributed by atoms with Gasteiger partial charge < -0.3 is 14.3 Å². The van der Waals surface area contributed by atoms with E-state index in [0.717, 1.165) is 34.7 Å². The van der Waals surface area contributed by atoms with Crippen molar-refractivity contribution in [2.45, 2.75) is 26.5 Å². The molecule has 4 aromatic rings. The molecule has 7 nitrogen and oxygen atoms in total. The van der Waals surface area contributed by atoms with Gasteiger partial charge in [-0.1, -0.05) is 19.1 Å². The number of aryl methyl sites for hydroxylation is 1. The summed E-state index contributed by atoms with van der Waals surface area (Å²) in [5, 5.41) is 0. The lowest BCUT2D eigenvalue weighted by molar-refractivity contribution is 0.186. The third-order valence-electron chi connectivity index (χ3n) is 4.41. The second-order valence-electron chi connectivity index (χ2n) is 5.92. The summed E-state index contributed by atoms with van der Waals surface area (Å²) in [6.07, 6.45) is 6.19. The second-order valence-corrected chi connectivity index (χ2v) is 5.92. The van der Waals surface area contributed by atoms with Crippen LogP contribution in [0.3, 0.4) is 0 Å². The average molecular weight is 337 g/mol. The van der Waals surface area contributed by atoms with E-state index >= 15 is 0 Å². The van der Waals surface area contributed by atoms with Crippen molar-refractivity contribution in [3.05, 3.63) is 64.4 Å². The van der Waals surface area contributed by atoms with Crippen LogP contribution in [0.15, 0.2) is 41.6 Å². The van der Waals surface area contributed by atoms with Crippen LogP contribution in [0.5, 0.6) is 0 Å². The number of nitrogens with one attached hydrogen (secondary N) is 1. The Morgan fingerprint density at radius 1 is 1.20 bits per heavy atom. The molecule has 0 spiro atoms. The lowest BCUT2D eigenvalue weighted by atomic mass is 10.2. The number of methoxy groups -OCH3 is 1. The van der Waals surface area contributed by atoms with Crippen molar-refractivity contribution in [2.75, 3.05) is 7.11 Å². The molecular formula is C18H19N5O2. The maximum Gasteiger partial charge on any atom is 0.274 e. The highest BCUT2D eigenvalue weighted by molar-refractivity contribution is 5.81. The van der Waals surface area contributed by atoms with E-state index in [9.17, 15) is 4.79 Å². The molecule has 1 N–H and O–H groups in total. The van der Waals surface area contributed by atoms with Gasteiger partial charge in [0.2, 0.25) is 0 Å². The van der Waals surface area contributed by atoms with Gasteiger partial charge >= 0.3 is 0 Å². The second kappa shape index (κ2) is 6.18. The van der Waals surface area contributed by atoms with Crippen LogP contribution in [0.4, 0.5) is 0 Å². The molecule has 0 bridgehead atoms. The first-order valence-electron chi connectivity index (χ1n) is 8.22. The number of rotatable bonds is 5. The Kier molecular flexibility index (Phi) is 3.85. The van der Waals surface area contributed by atoms with Crippen LogP contribution >= 0.6 is 0 Å². The predicted octanol–water partition coefficient (Wildman–Crippen LogP) is 2.13. The van der Waals surface area contributed by atoms with Crippen LogP contribution < -0.4 is 5.56 Å². The number of benzene rings is 1. The first-order valence-corrected chi connectivity index (χ1v) is 8.22. The molecule has 0 saturated carbocycles. The molecule has 7 heteroatoms. The molecule has 0 atom stereocenters. The van der Waals surface area contributed by atoms with E-state index in [4.69, 9.17) is 4.74 Å². The van der Waals surface area contributed by atoms with E-state index in [-0.39, 0.29) is 5.56 Å². The summed E-state index contributed by atoms with van der Waals surface area (Å²) in [7, 11) is 1.64. The summed E-state index contributed by atoms with van der Waals surface area (Å²) in [6, 6.07) is 5.90. The van der Waals surface area contributed by atoms with Gasteiger partial charge in [-0.3, -0.25) is 9.20 Å². The molecule has 3 heterocycles. The Balaban J connectivity index is 1.96. The Bertz CT molecular complexity index is 1110. The van der Waals surface area contributed by atoms with Gasteiger partial charge in [-0.2, -0.15) is 0 Å². The monoisotopic (exact) mass is 337 g/mol. The lowest BCUT2D eigenvalue weighted by Gasteiger charge is -2.10. The largest absolute Gasteiger partial charge is 0.380 e. The van der Waals surface area contributed by atoms with E-state index in [1.165, 1.54) is 0 Å². The maximum absolute atomic E-state index is 12.5. The Morgan fingerprint density at radius 2 is 2.08 bits per heavy atom. The topological polar surface area (TPSA) is 77.2 Å². The van der Waals surface area contributed by atoms with Crippen molar-refractivity contribution >= 4 is 16.6 Å². The van der Waals surface area contributed by atoms with Crippen LogP contribution in [0.25, 0.3) is 16.6 Å². The molecule has 0 radical (unpaired) electrons. The normalized spacial score (nSPS) is 11.6. The van der Waals surface area contributed by atoms with E-state index in [1.54, 1.807) is 19.5 Å². The van der Waals surface area contributed by atoms with Gasteiger partial charge in [0.15, 0.2) is 0 Å². The number of imidazole rings is 2. The van der Waals surface area contributed by atoms with Crippen molar-refractivity contribution in [1.29, 1.82) is 0 Å². The van der Waals surface area contributed by atoms with E-state index in [1.807, 2.05) is 28.8 Å². The van der Waals surface area contributed by atoms with E-state index in [0.29, 0.717) is 18.7 Å². The minimum Gasteiger partial charge on any atom is -0.380 e. The predicted molar refractivity (Wildman–Crippen MR) is 94.7 cm³/mol. The fourth-order valence-electron chi connectivity index (χ4n) is 3.25. The number of fused-ring (bicyclic) bond motifs is 3. The molecule has 25 heavy (non-hydrogen) atoms. The van der Waals surface area contributed by atoms with Crippen LogP contribution in [0.1, 0.15) is 24.1 Å². The molecule has 0 aliphatic rings. The molecule has 4 rings (SSSR count). The fourth-order valence-corrected chi connectivity index (χ4v) is 3.25. The number of hydrogen-bond donors (Lipinski definition) is 1. The van der Waals surface area contributed by atoms with Crippen LogP contribution in [0.2, 0.25) is 0 Å². The summed E-state index contributed by atoms with van der Waals surface area (Å²) in [6.45, 7) is 3.06. The van der Waals surface area contributed by atoms with Crippen molar-refractivity contribution < 1.29 is 4.74 Å². The minimum absolute atomic E-state index is 0.156. The van der Waals surface area contributed by atoms with Gasteiger partial charge in [0.25, 0.3) is 5.56 Å². The summed E-state index contributed by atoms with van der Waals surface area (Å²) < 4.78 is 9.24. The zero-order valence-electron chi connectivity index (χ0n) is 14.2. The number of hydrogen-bond acceptors (Lipinski definition) is 4. The van der Waals surface area contributed by atoms with Crippen LogP contribution in [-0.2, 0) is 24.3 Å². The molecule has 0 aliphatic heterocycles. The molecule has 128 valence electrons. The molecule has 3 aromatic heterocycles. The molecule has 0 amide bonds. The molecule has 0 aliphatic carbocycles. The maximum atomic E-state index is 12.5. The summed E-state index contributed by atoms with van der Waals surface area (Å²) in [4.78, 5) is 24.3. The highest BCUT2D eigenvalue weighted by Crippen LogP contribution is 2.19. The van der Waals surface area contributed by atoms with Gasteiger partial charge in [0.1, 0.15) is 17.2 Å². The Labute approximate surface area is 143 Å². The number of aromatic nitrogens is 5. The summed E-state index contributed by atoms with van der Waals surface area (Å²) in [5.41, 5.74) is 3.01. The van der Waals surface area contributed by atoms with Gasteiger partial charge in [-0.15, -0.1) is 0 Å². The lowest BCUT2D eigenvalue weighted by Crippen LogP contribution is -2.14. The fraction of sp³-hybridized carbons (Fsp3) is 0.278. The third-order valence-corrected chi connectivity index (χ3v) is 4.41. The quantitative estimate of drug-likeness (QED) is 0.605. The van der Waals surface area contributed by atoms with Crippen molar-refractivity contribution in [3.63, 3.8) is 0 Å².